The molecule has 2 fully saturated rings. The molecule has 7 heteroatoms. The zero-order chi connectivity index (χ0) is 15.7. The van der Waals surface area contributed by atoms with Crippen LogP contribution in [0.25, 0.3) is 0 Å². The largest absolute Gasteiger partial charge is 0.348 e. The van der Waals surface area contributed by atoms with Crippen molar-refractivity contribution in [2.75, 3.05) is 25.4 Å². The molecular formula is C15H22N2O3S2. The highest BCUT2D eigenvalue weighted by Gasteiger charge is 2.48. The highest BCUT2D eigenvalue weighted by atomic mass is 32.2. The van der Waals surface area contributed by atoms with Gasteiger partial charge < -0.3 is 10.2 Å². The summed E-state index contributed by atoms with van der Waals surface area (Å²) < 4.78 is 24.7. The van der Waals surface area contributed by atoms with Crippen LogP contribution in [0.3, 0.4) is 0 Å². The van der Waals surface area contributed by atoms with Gasteiger partial charge in [0, 0.05) is 25.0 Å². The van der Waals surface area contributed by atoms with Gasteiger partial charge in [0.2, 0.25) is 0 Å². The maximum Gasteiger partial charge on any atom is 0.261 e. The molecule has 3 atom stereocenters. The number of nitrogens with one attached hydrogen (secondary N) is 1. The Morgan fingerprint density at radius 1 is 1.45 bits per heavy atom. The minimum atomic E-state index is -3.02. The Labute approximate surface area is 135 Å². The maximum absolute atomic E-state index is 12.3. The van der Waals surface area contributed by atoms with Gasteiger partial charge in [-0.25, -0.2) is 8.42 Å². The molecule has 2 aliphatic heterocycles. The van der Waals surface area contributed by atoms with Crippen molar-refractivity contribution in [2.24, 2.45) is 5.92 Å². The molecule has 2 saturated heterocycles. The van der Waals surface area contributed by atoms with E-state index < -0.39 is 9.84 Å². The number of amides is 1. The molecule has 22 heavy (non-hydrogen) atoms. The van der Waals surface area contributed by atoms with Gasteiger partial charge in [0.15, 0.2) is 9.84 Å². The van der Waals surface area contributed by atoms with Crippen LogP contribution in [0.5, 0.6) is 0 Å². The van der Waals surface area contributed by atoms with Gasteiger partial charge >= 0.3 is 0 Å². The number of carbonyl (C=O) groups is 1. The van der Waals surface area contributed by atoms with Crippen molar-refractivity contribution in [1.82, 2.24) is 10.2 Å². The second-order valence-corrected chi connectivity index (χ2v) is 9.46. The Hall–Kier alpha value is -0.920. The van der Waals surface area contributed by atoms with Gasteiger partial charge in [0.25, 0.3) is 5.91 Å². The van der Waals surface area contributed by atoms with Gasteiger partial charge in [-0.1, -0.05) is 13.0 Å². The Morgan fingerprint density at radius 3 is 2.95 bits per heavy atom. The molecule has 1 amide bonds. The fourth-order valence-corrected chi connectivity index (χ4v) is 6.39. The molecule has 5 nitrogen and oxygen atoms in total. The lowest BCUT2D eigenvalue weighted by atomic mass is 9.95. The molecule has 0 saturated carbocycles. The third-order valence-electron chi connectivity index (χ3n) is 4.68. The minimum Gasteiger partial charge on any atom is -0.348 e. The predicted octanol–water partition coefficient (Wildman–Crippen LogP) is 1.38. The van der Waals surface area contributed by atoms with Gasteiger partial charge in [-0.05, 0) is 30.8 Å². The summed E-state index contributed by atoms with van der Waals surface area (Å²) >= 11 is 1.41. The van der Waals surface area contributed by atoms with E-state index in [-0.39, 0.29) is 28.9 Å². The minimum absolute atomic E-state index is 0.0224. The Morgan fingerprint density at radius 2 is 2.27 bits per heavy atom. The van der Waals surface area contributed by atoms with E-state index >= 15 is 0 Å². The van der Waals surface area contributed by atoms with E-state index in [9.17, 15) is 13.2 Å². The van der Waals surface area contributed by atoms with Gasteiger partial charge in [-0.2, -0.15) is 0 Å². The van der Waals surface area contributed by atoms with Crippen molar-refractivity contribution < 1.29 is 13.2 Å². The second-order valence-electron chi connectivity index (χ2n) is 6.17. The van der Waals surface area contributed by atoms with Crippen LogP contribution in [0.1, 0.15) is 29.4 Å². The highest BCUT2D eigenvalue weighted by Crippen LogP contribution is 2.33. The van der Waals surface area contributed by atoms with Gasteiger partial charge in [-0.15, -0.1) is 11.3 Å². The molecule has 1 aromatic heterocycles. The van der Waals surface area contributed by atoms with Crippen molar-refractivity contribution in [3.8, 4) is 0 Å². The lowest BCUT2D eigenvalue weighted by Gasteiger charge is -2.33. The van der Waals surface area contributed by atoms with E-state index in [2.05, 4.69) is 17.1 Å². The number of carbonyl (C=O) groups excluding carboxylic acids is 1. The number of hydrogen-bond donors (Lipinski definition) is 1. The fourth-order valence-electron chi connectivity index (χ4n) is 3.63. The summed E-state index contributed by atoms with van der Waals surface area (Å²) in [4.78, 5) is 15.2. The smallest absolute Gasteiger partial charge is 0.261 e. The Balaban J connectivity index is 1.74. The summed E-state index contributed by atoms with van der Waals surface area (Å²) in [5, 5.41) is 4.63. The van der Waals surface area contributed by atoms with E-state index in [4.69, 9.17) is 0 Å². The van der Waals surface area contributed by atoms with Gasteiger partial charge in [0.1, 0.15) is 0 Å². The molecule has 3 rings (SSSR count). The molecule has 3 heterocycles. The van der Waals surface area contributed by atoms with Crippen LogP contribution in [0.4, 0.5) is 0 Å². The van der Waals surface area contributed by atoms with Crippen molar-refractivity contribution in [1.29, 1.82) is 0 Å². The maximum atomic E-state index is 12.3. The summed E-state index contributed by atoms with van der Waals surface area (Å²) in [5.74, 6) is 0.130. The molecule has 0 spiro atoms. The van der Waals surface area contributed by atoms with E-state index in [0.717, 1.165) is 19.5 Å². The van der Waals surface area contributed by atoms with Crippen molar-refractivity contribution >= 4 is 27.1 Å². The van der Waals surface area contributed by atoms with Crippen LogP contribution in [0, 0.1) is 5.92 Å². The lowest BCUT2D eigenvalue weighted by Crippen LogP contribution is -2.51. The predicted molar refractivity (Wildman–Crippen MR) is 88.0 cm³/mol. The number of likely N-dealkylation sites (tertiary alicyclic amines) is 1. The van der Waals surface area contributed by atoms with Crippen LogP contribution >= 0.6 is 11.3 Å². The highest BCUT2D eigenvalue weighted by molar-refractivity contribution is 7.92. The normalized spacial score (nSPS) is 30.9. The van der Waals surface area contributed by atoms with Crippen molar-refractivity contribution in [3.63, 3.8) is 0 Å². The monoisotopic (exact) mass is 342 g/mol. The molecule has 0 aliphatic carbocycles. The first-order valence-corrected chi connectivity index (χ1v) is 10.4. The van der Waals surface area contributed by atoms with Crippen molar-refractivity contribution in [2.45, 2.75) is 31.1 Å². The molecule has 0 bridgehead atoms. The molecule has 1 aromatic rings. The van der Waals surface area contributed by atoms with Crippen LogP contribution < -0.4 is 5.32 Å². The number of nitrogens with zero attached hydrogens (tertiary/aromatic N) is 1. The topological polar surface area (TPSA) is 66.5 Å². The van der Waals surface area contributed by atoms with E-state index in [1.807, 2.05) is 11.4 Å². The fraction of sp³-hybridized carbons (Fsp3) is 0.667. The average Bonchev–Trinajstić information content (AvgIpc) is 3.12. The molecule has 0 radical (unpaired) electrons. The summed E-state index contributed by atoms with van der Waals surface area (Å²) in [6, 6.07) is 3.62. The number of fused-ring (bicyclic) bond motifs is 1. The first kappa shape index (κ1) is 16.0. The van der Waals surface area contributed by atoms with Crippen LogP contribution in [-0.4, -0.2) is 55.9 Å². The number of rotatable bonds is 4. The third kappa shape index (κ3) is 3.07. The number of thiophene rings is 1. The zero-order valence-corrected chi connectivity index (χ0v) is 14.3. The first-order chi connectivity index (χ1) is 10.5. The van der Waals surface area contributed by atoms with Gasteiger partial charge in [-0.3, -0.25) is 4.79 Å². The average molecular weight is 342 g/mol. The summed E-state index contributed by atoms with van der Waals surface area (Å²) in [7, 11) is -3.02. The zero-order valence-electron chi connectivity index (χ0n) is 12.7. The van der Waals surface area contributed by atoms with Gasteiger partial charge in [0.05, 0.1) is 15.9 Å². The molecule has 0 unspecified atom stereocenters. The van der Waals surface area contributed by atoms with E-state index in [1.54, 1.807) is 6.07 Å². The number of hydrogen-bond acceptors (Lipinski definition) is 5. The molecule has 0 aromatic carbocycles. The second kappa shape index (κ2) is 6.29. The summed E-state index contributed by atoms with van der Waals surface area (Å²) in [6.45, 7) is 4.42. The van der Waals surface area contributed by atoms with E-state index in [0.29, 0.717) is 17.8 Å². The van der Waals surface area contributed by atoms with Crippen LogP contribution in [-0.2, 0) is 9.84 Å². The van der Waals surface area contributed by atoms with Crippen molar-refractivity contribution in [3.05, 3.63) is 22.4 Å². The molecule has 1 N–H and O–H groups in total. The van der Waals surface area contributed by atoms with E-state index in [1.165, 1.54) is 11.3 Å². The standard InChI is InChI=1S/C15H22N2O3S2/c1-2-6-17-9-11-12(5-8-22(19,20)14(11)10-17)16-15(18)13-4-3-7-21-13/h3-4,7,11-12,14H,2,5-6,8-10H2,1H3,(H,16,18)/t11-,12+,14-/m1/s1. The molecular weight excluding hydrogens is 320 g/mol. The summed E-state index contributed by atoms with van der Waals surface area (Å²) in [5.41, 5.74) is 0. The molecule has 2 aliphatic rings. The Kier molecular flexibility index (Phi) is 4.56. The first-order valence-electron chi connectivity index (χ1n) is 7.79. The Bertz CT molecular complexity index is 627. The van der Waals surface area contributed by atoms with Crippen LogP contribution in [0.15, 0.2) is 17.5 Å². The molecule has 122 valence electrons. The van der Waals surface area contributed by atoms with Crippen LogP contribution in [0.2, 0.25) is 0 Å². The lowest BCUT2D eigenvalue weighted by molar-refractivity contribution is 0.0923. The quantitative estimate of drug-likeness (QED) is 0.898. The third-order valence-corrected chi connectivity index (χ3v) is 7.77. The number of sulfone groups is 1. The summed E-state index contributed by atoms with van der Waals surface area (Å²) in [6.07, 6.45) is 1.55. The SMILES string of the molecule is CCCN1C[C@@H]2[C@@H](NC(=O)c3cccs3)CCS(=O)(=O)[C@@H]2C1.